The van der Waals surface area contributed by atoms with E-state index in [2.05, 4.69) is 37.7 Å². The van der Waals surface area contributed by atoms with Gasteiger partial charge in [-0.3, -0.25) is 9.69 Å². The molecule has 2 aromatic heterocycles. The number of cyclic esters (lactones) is 1. The van der Waals surface area contributed by atoms with Gasteiger partial charge in [-0.2, -0.15) is 0 Å². The molecule has 32 heavy (non-hydrogen) atoms. The molecule has 172 valence electrons. The van der Waals surface area contributed by atoms with Crippen LogP contribution in [-0.4, -0.2) is 34.7 Å². The lowest BCUT2D eigenvalue weighted by Gasteiger charge is -2.38. The van der Waals surface area contributed by atoms with Gasteiger partial charge in [0.1, 0.15) is 11.2 Å². The van der Waals surface area contributed by atoms with Gasteiger partial charge in [0.25, 0.3) is 0 Å². The van der Waals surface area contributed by atoms with E-state index in [-0.39, 0.29) is 29.8 Å². The Balaban J connectivity index is 1.60. The highest BCUT2D eigenvalue weighted by molar-refractivity contribution is 7.14. The van der Waals surface area contributed by atoms with E-state index >= 15 is 0 Å². The minimum atomic E-state index is -0.686. The van der Waals surface area contributed by atoms with Gasteiger partial charge in [0.2, 0.25) is 5.91 Å². The molecule has 7 nitrogen and oxygen atoms in total. The van der Waals surface area contributed by atoms with Crippen molar-refractivity contribution in [2.24, 2.45) is 11.8 Å². The van der Waals surface area contributed by atoms with Gasteiger partial charge in [0.15, 0.2) is 12.0 Å². The summed E-state index contributed by atoms with van der Waals surface area (Å²) >= 11 is 1.43. The zero-order chi connectivity index (χ0) is 22.9. The van der Waals surface area contributed by atoms with Crippen LogP contribution < -0.4 is 9.64 Å². The van der Waals surface area contributed by atoms with Crippen LogP contribution in [0.1, 0.15) is 74.3 Å². The van der Waals surface area contributed by atoms with Gasteiger partial charge in [-0.1, -0.05) is 27.7 Å². The Morgan fingerprint density at radius 1 is 1.22 bits per heavy atom. The van der Waals surface area contributed by atoms with Crippen LogP contribution in [-0.2, 0) is 14.9 Å². The fourth-order valence-corrected chi connectivity index (χ4v) is 5.34. The van der Waals surface area contributed by atoms with Gasteiger partial charge in [-0.25, -0.2) is 14.8 Å². The number of hydrogen-bond donors (Lipinski definition) is 0. The van der Waals surface area contributed by atoms with Crippen LogP contribution in [0.5, 0.6) is 5.75 Å². The third-order valence-corrected chi connectivity index (χ3v) is 7.73. The van der Waals surface area contributed by atoms with Crippen molar-refractivity contribution in [1.82, 2.24) is 9.97 Å². The lowest BCUT2D eigenvalue weighted by Crippen LogP contribution is -2.50. The number of aromatic nitrogens is 2. The molecule has 3 heterocycles. The molecular formula is C24H31N3O4S. The van der Waals surface area contributed by atoms with Crippen molar-refractivity contribution < 1.29 is 19.1 Å². The third-order valence-electron chi connectivity index (χ3n) is 6.20. The highest BCUT2D eigenvalue weighted by atomic mass is 32.1. The summed E-state index contributed by atoms with van der Waals surface area (Å²) in [4.78, 5) is 37.8. The first kappa shape index (κ1) is 22.7. The van der Waals surface area contributed by atoms with E-state index < -0.39 is 6.23 Å². The Labute approximate surface area is 193 Å². The smallest absolute Gasteiger partial charge is 0.352 e. The van der Waals surface area contributed by atoms with E-state index in [4.69, 9.17) is 9.47 Å². The maximum absolute atomic E-state index is 13.7. The SMILES string of the molecule is CC(C)(C)c1cc2c(s1)C(=O)O[C@@H](CCOc1cncnc1)N2C(=O)[C@H]1CC[C@H](C)CC1. The second-order valence-electron chi connectivity index (χ2n) is 9.81. The van der Waals surface area contributed by atoms with Crippen LogP contribution in [0.2, 0.25) is 0 Å². The monoisotopic (exact) mass is 457 g/mol. The quantitative estimate of drug-likeness (QED) is 0.590. The van der Waals surface area contributed by atoms with Gasteiger partial charge in [-0.15, -0.1) is 11.3 Å². The lowest BCUT2D eigenvalue weighted by molar-refractivity contribution is -0.126. The molecule has 0 radical (unpaired) electrons. The Bertz CT molecular complexity index is 961. The van der Waals surface area contributed by atoms with Gasteiger partial charge < -0.3 is 9.47 Å². The van der Waals surface area contributed by atoms with Crippen LogP contribution in [0.25, 0.3) is 0 Å². The zero-order valence-electron chi connectivity index (χ0n) is 19.2. The van der Waals surface area contributed by atoms with E-state index in [0.29, 0.717) is 28.7 Å². The molecule has 0 N–H and O–H groups in total. The summed E-state index contributed by atoms with van der Waals surface area (Å²) < 4.78 is 11.5. The lowest BCUT2D eigenvalue weighted by atomic mass is 9.82. The van der Waals surface area contributed by atoms with Crippen molar-refractivity contribution in [3.8, 4) is 5.75 Å². The molecular weight excluding hydrogens is 426 g/mol. The summed E-state index contributed by atoms with van der Waals surface area (Å²) in [5.74, 6) is 0.839. The second kappa shape index (κ2) is 9.17. The fourth-order valence-electron chi connectivity index (χ4n) is 4.25. The first-order chi connectivity index (χ1) is 15.2. The summed E-state index contributed by atoms with van der Waals surface area (Å²) in [7, 11) is 0. The molecule has 0 unspecified atom stereocenters. The number of esters is 1. The Hall–Kier alpha value is -2.48. The van der Waals surface area contributed by atoms with Crippen molar-refractivity contribution in [2.75, 3.05) is 11.5 Å². The minimum Gasteiger partial charge on any atom is -0.490 e. The third kappa shape index (κ3) is 4.80. The van der Waals surface area contributed by atoms with E-state index in [0.717, 1.165) is 30.6 Å². The number of nitrogens with zero attached hydrogens (tertiary/aromatic N) is 3. The summed E-state index contributed by atoms with van der Waals surface area (Å²) in [5.41, 5.74) is 0.566. The molecule has 1 amide bonds. The highest BCUT2D eigenvalue weighted by Gasteiger charge is 2.42. The predicted octanol–water partition coefficient (Wildman–Crippen LogP) is 4.96. The molecule has 1 atom stereocenters. The molecule has 1 fully saturated rings. The molecule has 2 aliphatic rings. The normalized spacial score (nSPS) is 23.4. The number of amides is 1. The van der Waals surface area contributed by atoms with Gasteiger partial charge >= 0.3 is 5.97 Å². The van der Waals surface area contributed by atoms with Crippen LogP contribution >= 0.6 is 11.3 Å². The Morgan fingerprint density at radius 3 is 2.56 bits per heavy atom. The largest absolute Gasteiger partial charge is 0.490 e. The highest BCUT2D eigenvalue weighted by Crippen LogP contribution is 2.43. The summed E-state index contributed by atoms with van der Waals surface area (Å²) in [6.07, 6.45) is 8.14. The number of fused-ring (bicyclic) bond motifs is 1. The van der Waals surface area contributed by atoms with Crippen molar-refractivity contribution >= 4 is 28.9 Å². The maximum Gasteiger partial charge on any atom is 0.352 e. The summed E-state index contributed by atoms with van der Waals surface area (Å²) in [6, 6.07) is 2.00. The van der Waals surface area contributed by atoms with E-state index in [1.807, 2.05) is 6.07 Å². The molecule has 1 aliphatic carbocycles. The second-order valence-corrected chi connectivity index (χ2v) is 10.9. The predicted molar refractivity (Wildman–Crippen MR) is 123 cm³/mol. The number of thiophene rings is 1. The molecule has 0 saturated heterocycles. The topological polar surface area (TPSA) is 81.6 Å². The van der Waals surface area contributed by atoms with Crippen molar-refractivity contribution in [3.63, 3.8) is 0 Å². The number of anilines is 1. The van der Waals surface area contributed by atoms with E-state index in [1.165, 1.54) is 17.7 Å². The van der Waals surface area contributed by atoms with Crippen LogP contribution in [0, 0.1) is 11.8 Å². The molecule has 0 aromatic carbocycles. The van der Waals surface area contributed by atoms with Gasteiger partial charge in [-0.05, 0) is 43.1 Å². The molecule has 0 spiro atoms. The molecule has 8 heteroatoms. The average Bonchev–Trinajstić information content (AvgIpc) is 3.21. The van der Waals surface area contributed by atoms with Crippen LogP contribution in [0.4, 0.5) is 5.69 Å². The van der Waals surface area contributed by atoms with Crippen molar-refractivity contribution in [1.29, 1.82) is 0 Å². The number of rotatable bonds is 5. The summed E-state index contributed by atoms with van der Waals surface area (Å²) in [5, 5.41) is 0. The molecule has 4 rings (SSSR count). The van der Waals surface area contributed by atoms with Gasteiger partial charge in [0.05, 0.1) is 24.7 Å². The maximum atomic E-state index is 13.7. The Kier molecular flexibility index (Phi) is 6.51. The van der Waals surface area contributed by atoms with E-state index in [9.17, 15) is 9.59 Å². The van der Waals surface area contributed by atoms with Gasteiger partial charge in [0, 0.05) is 17.2 Å². The summed E-state index contributed by atoms with van der Waals surface area (Å²) in [6.45, 7) is 8.85. The average molecular weight is 458 g/mol. The number of carbonyl (C=O) groups excluding carboxylic acids is 2. The number of hydrogen-bond acceptors (Lipinski definition) is 7. The number of ether oxygens (including phenoxy) is 2. The van der Waals surface area contributed by atoms with Crippen LogP contribution in [0.3, 0.4) is 0 Å². The molecule has 1 saturated carbocycles. The van der Waals surface area contributed by atoms with E-state index in [1.54, 1.807) is 17.3 Å². The van der Waals surface area contributed by atoms with Crippen molar-refractivity contribution in [3.05, 3.63) is 34.5 Å². The fraction of sp³-hybridized carbons (Fsp3) is 0.583. The number of carbonyl (C=O) groups is 2. The molecule has 1 aliphatic heterocycles. The first-order valence-electron chi connectivity index (χ1n) is 11.3. The first-order valence-corrected chi connectivity index (χ1v) is 12.1. The minimum absolute atomic E-state index is 0.0419. The Morgan fingerprint density at radius 2 is 1.91 bits per heavy atom. The van der Waals surface area contributed by atoms with Crippen molar-refractivity contribution in [2.45, 2.75) is 71.4 Å². The standard InChI is InChI=1S/C24H31N3O4S/c1-15-5-7-16(8-6-15)22(28)27-18-11-19(24(2,3)4)32-21(18)23(29)31-20(27)9-10-30-17-12-25-14-26-13-17/h11-16,20H,5-10H2,1-4H3/t15-,16-,20-/m0/s1. The molecule has 0 bridgehead atoms. The zero-order valence-corrected chi connectivity index (χ0v) is 20.0. The van der Waals surface area contributed by atoms with Crippen LogP contribution in [0.15, 0.2) is 24.8 Å². The molecule has 2 aromatic rings.